The van der Waals surface area contributed by atoms with Crippen LogP contribution in [0, 0.1) is 10.1 Å². The van der Waals surface area contributed by atoms with Crippen LogP contribution in [0.4, 0.5) is 21.9 Å². The van der Waals surface area contributed by atoms with Crippen molar-refractivity contribution in [2.75, 3.05) is 23.3 Å². The van der Waals surface area contributed by atoms with Crippen molar-refractivity contribution < 1.29 is 19.3 Å². The van der Waals surface area contributed by atoms with E-state index in [4.69, 9.17) is 0 Å². The first-order valence-corrected chi connectivity index (χ1v) is 7.67. The number of para-hydroxylation sites is 3. The van der Waals surface area contributed by atoms with Crippen LogP contribution in [-0.2, 0) is 9.59 Å². The summed E-state index contributed by atoms with van der Waals surface area (Å²) in [5, 5.41) is 13.3. The molecule has 0 spiro atoms. The quantitative estimate of drug-likeness (QED) is 0.501. The molecule has 4 amide bonds. The van der Waals surface area contributed by atoms with E-state index in [9.17, 15) is 24.5 Å². The maximum absolute atomic E-state index is 12.4. The Balaban J connectivity index is 1.71. The lowest BCUT2D eigenvalue weighted by atomic mass is 10.2. The molecule has 9 nitrogen and oxygen atoms in total. The molecule has 1 aliphatic heterocycles. The third kappa shape index (κ3) is 3.36. The van der Waals surface area contributed by atoms with Gasteiger partial charge >= 0.3 is 6.03 Å². The molecule has 1 heterocycles. The number of nitrogens with one attached hydrogen (secondary N) is 1. The Hall–Kier alpha value is -3.75. The van der Waals surface area contributed by atoms with Crippen molar-refractivity contribution in [2.45, 2.75) is 0 Å². The number of hydrogen-bond donors (Lipinski definition) is 1. The molecule has 0 aromatic heterocycles. The molecule has 1 aliphatic rings. The van der Waals surface area contributed by atoms with Crippen LogP contribution in [0.1, 0.15) is 0 Å². The second-order valence-corrected chi connectivity index (χ2v) is 5.51. The highest BCUT2D eigenvalue weighted by Gasteiger charge is 2.38. The molecule has 2 aromatic carbocycles. The molecule has 1 saturated heterocycles. The SMILES string of the molecule is O=C(CN1C(=O)CN(c2ccccc2)C1=O)Nc1ccccc1[N+](=O)[O-]. The second-order valence-electron chi connectivity index (χ2n) is 5.51. The van der Waals surface area contributed by atoms with Gasteiger partial charge in [-0.15, -0.1) is 0 Å². The van der Waals surface area contributed by atoms with Gasteiger partial charge in [0.25, 0.3) is 11.6 Å². The van der Waals surface area contributed by atoms with Crippen molar-refractivity contribution in [2.24, 2.45) is 0 Å². The molecule has 0 unspecified atom stereocenters. The van der Waals surface area contributed by atoms with E-state index in [1.165, 1.54) is 29.2 Å². The monoisotopic (exact) mass is 354 g/mol. The Morgan fingerprint density at radius 3 is 2.42 bits per heavy atom. The van der Waals surface area contributed by atoms with Gasteiger partial charge in [-0.2, -0.15) is 0 Å². The Bertz CT molecular complexity index is 884. The number of benzene rings is 2. The number of rotatable bonds is 5. The van der Waals surface area contributed by atoms with Gasteiger partial charge in [0.15, 0.2) is 0 Å². The van der Waals surface area contributed by atoms with E-state index in [0.29, 0.717) is 5.69 Å². The fourth-order valence-electron chi connectivity index (χ4n) is 2.58. The summed E-state index contributed by atoms with van der Waals surface area (Å²) in [7, 11) is 0. The van der Waals surface area contributed by atoms with Crippen LogP contribution in [0.15, 0.2) is 54.6 Å². The van der Waals surface area contributed by atoms with Gasteiger partial charge in [0.2, 0.25) is 5.91 Å². The molecule has 0 radical (unpaired) electrons. The third-order valence-electron chi connectivity index (χ3n) is 3.80. The van der Waals surface area contributed by atoms with Gasteiger partial charge in [-0.05, 0) is 18.2 Å². The Kier molecular flexibility index (Phi) is 4.61. The van der Waals surface area contributed by atoms with Crippen LogP contribution < -0.4 is 10.2 Å². The normalized spacial score (nSPS) is 13.8. The zero-order chi connectivity index (χ0) is 18.7. The van der Waals surface area contributed by atoms with Crippen LogP contribution in [0.25, 0.3) is 0 Å². The van der Waals surface area contributed by atoms with Crippen molar-refractivity contribution in [1.82, 2.24) is 4.90 Å². The topological polar surface area (TPSA) is 113 Å². The maximum atomic E-state index is 12.4. The van der Waals surface area contributed by atoms with Crippen LogP contribution in [0.3, 0.4) is 0 Å². The molecule has 26 heavy (non-hydrogen) atoms. The van der Waals surface area contributed by atoms with E-state index < -0.39 is 29.3 Å². The summed E-state index contributed by atoms with van der Waals surface area (Å²) in [6.45, 7) is -0.686. The lowest BCUT2D eigenvalue weighted by molar-refractivity contribution is -0.383. The number of anilines is 2. The Labute approximate surface area is 148 Å². The summed E-state index contributed by atoms with van der Waals surface area (Å²) in [5.74, 6) is -1.22. The van der Waals surface area contributed by atoms with E-state index in [1.807, 2.05) is 0 Å². The van der Waals surface area contributed by atoms with Gasteiger partial charge in [-0.3, -0.25) is 29.5 Å². The van der Waals surface area contributed by atoms with E-state index in [1.54, 1.807) is 30.3 Å². The van der Waals surface area contributed by atoms with Crippen molar-refractivity contribution in [1.29, 1.82) is 0 Å². The Morgan fingerprint density at radius 2 is 1.73 bits per heavy atom. The van der Waals surface area contributed by atoms with E-state index in [-0.39, 0.29) is 17.9 Å². The molecule has 1 fully saturated rings. The fraction of sp³-hybridized carbons (Fsp3) is 0.118. The number of carbonyl (C=O) groups excluding carboxylic acids is 3. The van der Waals surface area contributed by atoms with Gasteiger partial charge in [0.05, 0.1) is 4.92 Å². The standard InChI is InChI=1S/C17H14N4O5/c22-15(18-13-8-4-5-9-14(13)21(25)26)10-20-16(23)11-19(17(20)24)12-6-2-1-3-7-12/h1-9H,10-11H2,(H,18,22). The van der Waals surface area contributed by atoms with Gasteiger partial charge in [-0.1, -0.05) is 30.3 Å². The number of hydrogen-bond acceptors (Lipinski definition) is 5. The minimum absolute atomic E-state index is 0.00140. The first kappa shape index (κ1) is 17.1. The molecule has 132 valence electrons. The summed E-state index contributed by atoms with van der Waals surface area (Å²) in [6.07, 6.45) is 0. The van der Waals surface area contributed by atoms with Crippen molar-refractivity contribution in [3.05, 3.63) is 64.7 Å². The predicted octanol–water partition coefficient (Wildman–Crippen LogP) is 2.00. The Morgan fingerprint density at radius 1 is 1.08 bits per heavy atom. The molecular formula is C17H14N4O5. The molecule has 2 aromatic rings. The smallest absolute Gasteiger partial charge is 0.319 e. The number of nitro benzene ring substituents is 1. The largest absolute Gasteiger partial charge is 0.332 e. The first-order chi connectivity index (χ1) is 12.5. The second kappa shape index (κ2) is 7.01. The number of nitro groups is 1. The van der Waals surface area contributed by atoms with Crippen LogP contribution >= 0.6 is 0 Å². The van der Waals surface area contributed by atoms with Crippen LogP contribution in [-0.4, -0.2) is 40.8 Å². The van der Waals surface area contributed by atoms with Gasteiger partial charge in [-0.25, -0.2) is 4.79 Å². The minimum atomic E-state index is -0.698. The number of amides is 4. The molecule has 0 saturated carbocycles. The lowest BCUT2D eigenvalue weighted by Crippen LogP contribution is -2.39. The lowest BCUT2D eigenvalue weighted by Gasteiger charge is -2.16. The number of nitrogens with zero attached hydrogens (tertiary/aromatic N) is 3. The number of urea groups is 1. The van der Waals surface area contributed by atoms with Gasteiger partial charge < -0.3 is 5.32 Å². The van der Waals surface area contributed by atoms with Crippen molar-refractivity contribution in [3.8, 4) is 0 Å². The maximum Gasteiger partial charge on any atom is 0.332 e. The molecular weight excluding hydrogens is 340 g/mol. The highest BCUT2D eigenvalue weighted by molar-refractivity contribution is 6.14. The average molecular weight is 354 g/mol. The van der Waals surface area contributed by atoms with E-state index in [2.05, 4.69) is 5.32 Å². The number of imide groups is 1. The summed E-state index contributed by atoms with van der Waals surface area (Å²) >= 11 is 0. The van der Waals surface area contributed by atoms with Crippen molar-refractivity contribution in [3.63, 3.8) is 0 Å². The van der Waals surface area contributed by atoms with Crippen molar-refractivity contribution >= 4 is 34.9 Å². The molecule has 9 heteroatoms. The third-order valence-corrected chi connectivity index (χ3v) is 3.80. The van der Waals surface area contributed by atoms with Gasteiger partial charge in [0, 0.05) is 11.8 Å². The molecule has 0 bridgehead atoms. The zero-order valence-corrected chi connectivity index (χ0v) is 13.5. The summed E-state index contributed by atoms with van der Waals surface area (Å²) < 4.78 is 0. The minimum Gasteiger partial charge on any atom is -0.319 e. The highest BCUT2D eigenvalue weighted by atomic mass is 16.6. The van der Waals surface area contributed by atoms with E-state index in [0.717, 1.165) is 4.90 Å². The highest BCUT2D eigenvalue weighted by Crippen LogP contribution is 2.24. The molecule has 0 atom stereocenters. The van der Waals surface area contributed by atoms with E-state index >= 15 is 0 Å². The predicted molar refractivity (Wildman–Crippen MR) is 92.6 cm³/mol. The summed E-state index contributed by atoms with van der Waals surface area (Å²) in [6, 6.07) is 13.6. The molecule has 0 aliphatic carbocycles. The number of carbonyl (C=O) groups is 3. The van der Waals surface area contributed by atoms with Crippen LogP contribution in [0.5, 0.6) is 0 Å². The summed E-state index contributed by atoms with van der Waals surface area (Å²) in [5.41, 5.74) is 0.278. The first-order valence-electron chi connectivity index (χ1n) is 7.67. The van der Waals surface area contributed by atoms with Gasteiger partial charge in [0.1, 0.15) is 18.8 Å². The molecule has 3 rings (SSSR count). The fourth-order valence-corrected chi connectivity index (χ4v) is 2.58. The average Bonchev–Trinajstić information content (AvgIpc) is 2.91. The summed E-state index contributed by atoms with van der Waals surface area (Å²) in [4.78, 5) is 49.1. The van der Waals surface area contributed by atoms with Crippen LogP contribution in [0.2, 0.25) is 0 Å². The molecule has 1 N–H and O–H groups in total. The zero-order valence-electron chi connectivity index (χ0n) is 13.5.